The zero-order valence-corrected chi connectivity index (χ0v) is 15.3. The number of hydrogen-bond donors (Lipinski definition) is 1. The lowest BCUT2D eigenvalue weighted by Gasteiger charge is -2.14. The molecule has 3 rings (SSSR count). The summed E-state index contributed by atoms with van der Waals surface area (Å²) in [5.41, 5.74) is 3.31. The molecule has 0 saturated carbocycles. The van der Waals surface area contributed by atoms with Crippen LogP contribution in [0.1, 0.15) is 12.0 Å². The van der Waals surface area contributed by atoms with Gasteiger partial charge in [-0.25, -0.2) is 0 Å². The molecule has 1 aromatic heterocycles. The Balaban J connectivity index is 1.73. The highest BCUT2D eigenvalue weighted by atomic mass is 16.1. The highest BCUT2D eigenvalue weighted by molar-refractivity contribution is 5.91. The molecule has 5 heteroatoms. The number of aromatic nitrogens is 1. The molecular formula is C21H23N3O2. The van der Waals surface area contributed by atoms with Gasteiger partial charge in [-0.2, -0.15) is 0 Å². The summed E-state index contributed by atoms with van der Waals surface area (Å²) in [7, 11) is 3.94. The van der Waals surface area contributed by atoms with E-state index in [0.717, 1.165) is 22.3 Å². The molecule has 0 spiro atoms. The number of carbonyl (C=O) groups excluding carboxylic acids is 1. The van der Waals surface area contributed by atoms with Gasteiger partial charge in [0.15, 0.2) is 0 Å². The Morgan fingerprint density at radius 3 is 2.46 bits per heavy atom. The molecule has 0 bridgehead atoms. The first-order valence-electron chi connectivity index (χ1n) is 8.62. The van der Waals surface area contributed by atoms with E-state index in [9.17, 15) is 9.59 Å². The van der Waals surface area contributed by atoms with Crippen LogP contribution in [0.15, 0.2) is 59.4 Å². The van der Waals surface area contributed by atoms with Gasteiger partial charge in [0, 0.05) is 44.0 Å². The molecule has 1 heterocycles. The quantitative estimate of drug-likeness (QED) is 0.768. The summed E-state index contributed by atoms with van der Waals surface area (Å²) in [6.07, 6.45) is 0.239. The van der Waals surface area contributed by atoms with E-state index in [-0.39, 0.29) is 17.9 Å². The van der Waals surface area contributed by atoms with Crippen molar-refractivity contribution in [1.82, 2.24) is 4.57 Å². The van der Waals surface area contributed by atoms with E-state index in [1.54, 1.807) is 11.5 Å². The van der Waals surface area contributed by atoms with Crippen LogP contribution in [-0.4, -0.2) is 24.6 Å². The minimum Gasteiger partial charge on any atom is -0.378 e. The van der Waals surface area contributed by atoms with Crippen molar-refractivity contribution < 1.29 is 4.79 Å². The number of rotatable bonds is 5. The van der Waals surface area contributed by atoms with Crippen LogP contribution in [0, 0.1) is 6.92 Å². The van der Waals surface area contributed by atoms with Crippen molar-refractivity contribution in [3.63, 3.8) is 0 Å². The number of aryl methyl sites for hydroxylation is 2. The Kier molecular flexibility index (Phi) is 5.07. The van der Waals surface area contributed by atoms with Crippen LogP contribution in [0.2, 0.25) is 0 Å². The van der Waals surface area contributed by atoms with Gasteiger partial charge in [0.05, 0.1) is 5.52 Å². The van der Waals surface area contributed by atoms with E-state index >= 15 is 0 Å². The number of amides is 1. The number of para-hydroxylation sites is 1. The molecule has 0 radical (unpaired) electrons. The van der Waals surface area contributed by atoms with Crippen molar-refractivity contribution in [3.8, 4) is 0 Å². The summed E-state index contributed by atoms with van der Waals surface area (Å²) in [6, 6.07) is 17.3. The summed E-state index contributed by atoms with van der Waals surface area (Å²) < 4.78 is 1.68. The molecule has 0 fully saturated rings. The van der Waals surface area contributed by atoms with Crippen LogP contribution >= 0.6 is 0 Å². The highest BCUT2D eigenvalue weighted by Gasteiger charge is 2.09. The van der Waals surface area contributed by atoms with Gasteiger partial charge < -0.3 is 14.8 Å². The largest absolute Gasteiger partial charge is 0.378 e. The van der Waals surface area contributed by atoms with Crippen molar-refractivity contribution >= 4 is 28.2 Å². The monoisotopic (exact) mass is 349 g/mol. The minimum absolute atomic E-state index is 0.0492. The van der Waals surface area contributed by atoms with Crippen LogP contribution < -0.4 is 15.8 Å². The third-order valence-corrected chi connectivity index (χ3v) is 4.41. The Labute approximate surface area is 152 Å². The van der Waals surface area contributed by atoms with Gasteiger partial charge in [0.25, 0.3) is 5.56 Å². The Morgan fingerprint density at radius 1 is 1.08 bits per heavy atom. The van der Waals surface area contributed by atoms with Gasteiger partial charge >= 0.3 is 0 Å². The van der Waals surface area contributed by atoms with Crippen LogP contribution in [0.4, 0.5) is 11.4 Å². The Morgan fingerprint density at radius 2 is 1.77 bits per heavy atom. The normalized spacial score (nSPS) is 10.7. The smallest absolute Gasteiger partial charge is 0.253 e. The fourth-order valence-electron chi connectivity index (χ4n) is 2.97. The number of nitrogens with one attached hydrogen (secondary N) is 1. The predicted octanol–water partition coefficient (Wildman–Crippen LogP) is 3.40. The fourth-order valence-corrected chi connectivity index (χ4v) is 2.97. The lowest BCUT2D eigenvalue weighted by molar-refractivity contribution is -0.116. The van der Waals surface area contributed by atoms with Crippen LogP contribution in [0.5, 0.6) is 0 Å². The van der Waals surface area contributed by atoms with Crippen molar-refractivity contribution in [2.24, 2.45) is 0 Å². The maximum Gasteiger partial charge on any atom is 0.253 e. The maximum absolute atomic E-state index is 12.5. The number of carbonyl (C=O) groups is 1. The first-order chi connectivity index (χ1) is 12.5. The molecule has 26 heavy (non-hydrogen) atoms. The molecule has 3 aromatic rings. The summed E-state index contributed by atoms with van der Waals surface area (Å²) in [6.45, 7) is 2.15. The molecule has 0 aliphatic rings. The van der Waals surface area contributed by atoms with Gasteiger partial charge in [-0.1, -0.05) is 18.2 Å². The third-order valence-electron chi connectivity index (χ3n) is 4.41. The summed E-state index contributed by atoms with van der Waals surface area (Å²) >= 11 is 0. The summed E-state index contributed by atoms with van der Waals surface area (Å²) in [4.78, 5) is 26.8. The number of pyridine rings is 1. The molecular weight excluding hydrogens is 326 g/mol. The van der Waals surface area contributed by atoms with Gasteiger partial charge in [-0.3, -0.25) is 9.59 Å². The van der Waals surface area contributed by atoms with Crippen molar-refractivity contribution in [3.05, 3.63) is 70.5 Å². The van der Waals surface area contributed by atoms with Crippen molar-refractivity contribution in [2.75, 3.05) is 24.3 Å². The van der Waals surface area contributed by atoms with E-state index in [4.69, 9.17) is 0 Å². The second-order valence-corrected chi connectivity index (χ2v) is 6.58. The van der Waals surface area contributed by atoms with Gasteiger partial charge in [-0.15, -0.1) is 0 Å². The molecule has 0 aliphatic heterocycles. The standard InChI is InChI=1S/C21H23N3O2/c1-15-14-16-6-4-5-7-19(16)24(21(15)26)13-12-20(25)22-17-8-10-18(11-9-17)23(2)3/h4-11,14H,12-13H2,1-3H3,(H,22,25). The summed E-state index contributed by atoms with van der Waals surface area (Å²) in [5.74, 6) is -0.111. The first kappa shape index (κ1) is 17.7. The topological polar surface area (TPSA) is 54.3 Å². The molecule has 0 unspecified atom stereocenters. The van der Waals surface area contributed by atoms with E-state index in [2.05, 4.69) is 5.32 Å². The molecule has 1 amide bonds. The van der Waals surface area contributed by atoms with Gasteiger partial charge in [0.2, 0.25) is 5.91 Å². The number of anilines is 2. The van der Waals surface area contributed by atoms with Gasteiger partial charge in [-0.05, 0) is 48.7 Å². The van der Waals surface area contributed by atoms with E-state index in [1.807, 2.05) is 73.6 Å². The number of benzene rings is 2. The lowest BCUT2D eigenvalue weighted by Crippen LogP contribution is -2.25. The average Bonchev–Trinajstić information content (AvgIpc) is 2.62. The van der Waals surface area contributed by atoms with Crippen LogP contribution in [0.25, 0.3) is 10.9 Å². The van der Waals surface area contributed by atoms with E-state index in [1.165, 1.54) is 0 Å². The minimum atomic E-state index is -0.111. The Bertz CT molecular complexity index is 988. The number of nitrogens with zero attached hydrogens (tertiary/aromatic N) is 2. The molecule has 134 valence electrons. The van der Waals surface area contributed by atoms with E-state index in [0.29, 0.717) is 12.1 Å². The predicted molar refractivity (Wildman–Crippen MR) is 107 cm³/mol. The average molecular weight is 349 g/mol. The zero-order chi connectivity index (χ0) is 18.7. The Hall–Kier alpha value is -3.08. The number of fused-ring (bicyclic) bond motifs is 1. The van der Waals surface area contributed by atoms with Crippen LogP contribution in [0.3, 0.4) is 0 Å². The second-order valence-electron chi connectivity index (χ2n) is 6.58. The second kappa shape index (κ2) is 7.44. The lowest BCUT2D eigenvalue weighted by atomic mass is 10.1. The summed E-state index contributed by atoms with van der Waals surface area (Å²) in [5, 5.41) is 3.89. The molecule has 1 N–H and O–H groups in total. The number of hydrogen-bond acceptors (Lipinski definition) is 3. The first-order valence-corrected chi connectivity index (χ1v) is 8.62. The maximum atomic E-state index is 12.5. The molecule has 0 saturated heterocycles. The third kappa shape index (κ3) is 3.77. The molecule has 0 aliphatic carbocycles. The molecule has 5 nitrogen and oxygen atoms in total. The molecule has 2 aromatic carbocycles. The zero-order valence-electron chi connectivity index (χ0n) is 15.3. The molecule has 0 atom stereocenters. The SMILES string of the molecule is Cc1cc2ccccc2n(CCC(=O)Nc2ccc(N(C)C)cc2)c1=O. The van der Waals surface area contributed by atoms with Crippen LogP contribution in [-0.2, 0) is 11.3 Å². The highest BCUT2D eigenvalue weighted by Crippen LogP contribution is 2.16. The fraction of sp³-hybridized carbons (Fsp3) is 0.238. The van der Waals surface area contributed by atoms with Gasteiger partial charge in [0.1, 0.15) is 0 Å². The van der Waals surface area contributed by atoms with Crippen molar-refractivity contribution in [1.29, 1.82) is 0 Å². The van der Waals surface area contributed by atoms with E-state index < -0.39 is 0 Å². The van der Waals surface area contributed by atoms with Crippen molar-refractivity contribution in [2.45, 2.75) is 19.9 Å².